The quantitative estimate of drug-likeness (QED) is 0.546. The molecule has 2 aliphatic rings. The number of aromatic nitrogens is 2. The fourth-order valence-corrected chi connectivity index (χ4v) is 5.19. The van der Waals surface area contributed by atoms with Crippen LogP contribution in [0.15, 0.2) is 71.7 Å². The Morgan fingerprint density at radius 2 is 1.71 bits per heavy atom. The summed E-state index contributed by atoms with van der Waals surface area (Å²) in [5.41, 5.74) is 2.80. The highest BCUT2D eigenvalue weighted by Gasteiger charge is 2.31. The van der Waals surface area contributed by atoms with Crippen LogP contribution in [0.2, 0.25) is 5.02 Å². The number of carbonyl (C=O) groups is 1. The van der Waals surface area contributed by atoms with Crippen LogP contribution in [0.5, 0.6) is 0 Å². The Morgan fingerprint density at radius 1 is 0.914 bits per heavy atom. The fourth-order valence-electron chi connectivity index (χ4n) is 5.00. The van der Waals surface area contributed by atoms with Crippen LogP contribution >= 0.6 is 11.6 Å². The first-order chi connectivity index (χ1) is 17.1. The number of carbonyl (C=O) groups excluding carboxylic acids is 1. The number of piperazine rings is 1. The van der Waals surface area contributed by atoms with Crippen molar-refractivity contribution in [2.24, 2.45) is 5.92 Å². The zero-order chi connectivity index (χ0) is 24.2. The van der Waals surface area contributed by atoms with E-state index >= 15 is 0 Å². The molecule has 2 aliphatic heterocycles. The largest absolute Gasteiger partial charge is 0.369 e. The second kappa shape index (κ2) is 10.5. The Balaban J connectivity index is 1.19. The lowest BCUT2D eigenvalue weighted by Crippen LogP contribution is -2.52. The minimum atomic E-state index is -0.128. The Hall–Kier alpha value is -3.32. The van der Waals surface area contributed by atoms with Gasteiger partial charge in [-0.15, -0.1) is 0 Å². The van der Waals surface area contributed by atoms with E-state index in [1.807, 2.05) is 53.4 Å². The van der Waals surface area contributed by atoms with Gasteiger partial charge in [-0.1, -0.05) is 48.0 Å². The second-order valence-electron chi connectivity index (χ2n) is 9.27. The van der Waals surface area contributed by atoms with Crippen molar-refractivity contribution < 1.29 is 4.79 Å². The molecule has 182 valence electrons. The third kappa shape index (κ3) is 5.51. The van der Waals surface area contributed by atoms with E-state index in [-0.39, 0.29) is 17.4 Å². The van der Waals surface area contributed by atoms with Gasteiger partial charge in [0.05, 0.1) is 24.3 Å². The number of rotatable bonds is 5. The van der Waals surface area contributed by atoms with Crippen LogP contribution in [0.1, 0.15) is 18.4 Å². The molecule has 3 aromatic rings. The molecule has 0 spiro atoms. The highest BCUT2D eigenvalue weighted by molar-refractivity contribution is 6.30. The average molecular weight is 492 g/mol. The second-order valence-corrected chi connectivity index (χ2v) is 9.71. The normalized spacial score (nSPS) is 18.5. The number of amides is 1. The molecule has 1 atom stereocenters. The number of piperidine rings is 1. The predicted molar refractivity (Wildman–Crippen MR) is 139 cm³/mol. The van der Waals surface area contributed by atoms with Crippen molar-refractivity contribution in [3.63, 3.8) is 0 Å². The maximum Gasteiger partial charge on any atom is 0.269 e. The van der Waals surface area contributed by atoms with Crippen LogP contribution in [0.4, 0.5) is 11.4 Å². The van der Waals surface area contributed by atoms with Crippen molar-refractivity contribution in [2.75, 3.05) is 49.1 Å². The molecule has 1 amide bonds. The maximum atomic E-state index is 13.3. The average Bonchev–Trinajstić information content (AvgIpc) is 2.90. The van der Waals surface area contributed by atoms with Crippen molar-refractivity contribution in [3.05, 3.63) is 87.8 Å². The molecule has 0 saturated carbocycles. The van der Waals surface area contributed by atoms with Gasteiger partial charge in [0.1, 0.15) is 0 Å². The Bertz CT molecular complexity index is 1220. The summed E-state index contributed by atoms with van der Waals surface area (Å²) >= 11 is 6.14. The van der Waals surface area contributed by atoms with E-state index in [0.29, 0.717) is 26.2 Å². The topological polar surface area (TPSA) is 61.7 Å². The Morgan fingerprint density at radius 3 is 2.46 bits per heavy atom. The Kier molecular flexibility index (Phi) is 7.04. The number of hydrogen-bond acceptors (Lipinski definition) is 5. The first-order valence-corrected chi connectivity index (χ1v) is 12.6. The number of nitrogens with zero attached hydrogens (tertiary/aromatic N) is 5. The number of benzene rings is 2. The summed E-state index contributed by atoms with van der Waals surface area (Å²) in [7, 11) is 0. The molecule has 5 rings (SSSR count). The Labute approximate surface area is 210 Å². The van der Waals surface area contributed by atoms with Crippen molar-refractivity contribution in [1.82, 2.24) is 14.7 Å². The fraction of sp³-hybridized carbons (Fsp3) is 0.370. The number of hydrogen-bond donors (Lipinski definition) is 0. The zero-order valence-corrected chi connectivity index (χ0v) is 20.5. The standard InChI is InChI=1S/C27H30ClN5O2/c28-23-9-4-10-24(16-23)30-12-14-31(15-13-30)27(35)22-8-5-11-32(20-22)25-17-26(34)33(29-18-25)19-21-6-2-1-3-7-21/h1-4,6-7,9-10,16-18,22H,5,8,11-15,19-20H2. The monoisotopic (exact) mass is 491 g/mol. The molecule has 0 bridgehead atoms. The molecule has 2 saturated heterocycles. The van der Waals surface area contributed by atoms with E-state index in [4.69, 9.17) is 11.6 Å². The highest BCUT2D eigenvalue weighted by atomic mass is 35.5. The van der Waals surface area contributed by atoms with Crippen LogP contribution in [-0.4, -0.2) is 59.9 Å². The lowest BCUT2D eigenvalue weighted by molar-refractivity contribution is -0.136. The van der Waals surface area contributed by atoms with Crippen molar-refractivity contribution in [3.8, 4) is 0 Å². The van der Waals surface area contributed by atoms with Gasteiger partial charge in [-0.3, -0.25) is 9.59 Å². The van der Waals surface area contributed by atoms with Crippen LogP contribution < -0.4 is 15.4 Å². The third-order valence-electron chi connectivity index (χ3n) is 6.93. The van der Waals surface area contributed by atoms with Gasteiger partial charge in [-0.2, -0.15) is 5.10 Å². The van der Waals surface area contributed by atoms with Gasteiger partial charge in [0.15, 0.2) is 0 Å². The van der Waals surface area contributed by atoms with Gasteiger partial charge in [0.2, 0.25) is 5.91 Å². The minimum absolute atomic E-state index is 0.0618. The van der Waals surface area contributed by atoms with Crippen molar-refractivity contribution in [2.45, 2.75) is 19.4 Å². The van der Waals surface area contributed by atoms with Crippen molar-refractivity contribution in [1.29, 1.82) is 0 Å². The summed E-state index contributed by atoms with van der Waals surface area (Å²) in [6, 6.07) is 19.3. The first kappa shape index (κ1) is 23.4. The molecule has 8 heteroatoms. The molecule has 2 aromatic carbocycles. The molecule has 0 aliphatic carbocycles. The molecule has 1 aromatic heterocycles. The number of halogens is 1. The smallest absolute Gasteiger partial charge is 0.269 e. The molecule has 7 nitrogen and oxygen atoms in total. The molecule has 2 fully saturated rings. The highest BCUT2D eigenvalue weighted by Crippen LogP contribution is 2.25. The SMILES string of the molecule is O=C(C1CCCN(c2cnn(Cc3ccccc3)c(=O)c2)C1)N1CCN(c2cccc(Cl)c2)CC1. The molecule has 35 heavy (non-hydrogen) atoms. The van der Waals surface area contributed by atoms with Gasteiger partial charge < -0.3 is 14.7 Å². The molecule has 1 unspecified atom stereocenters. The summed E-state index contributed by atoms with van der Waals surface area (Å²) in [5, 5.41) is 5.13. The van der Waals surface area contributed by atoms with E-state index in [0.717, 1.165) is 54.4 Å². The van der Waals surface area contributed by atoms with E-state index in [2.05, 4.69) is 21.0 Å². The van der Waals surface area contributed by atoms with E-state index in [1.165, 1.54) is 4.68 Å². The van der Waals surface area contributed by atoms with Gasteiger partial charge in [0.25, 0.3) is 5.56 Å². The van der Waals surface area contributed by atoms with Crippen molar-refractivity contribution >= 4 is 28.9 Å². The minimum Gasteiger partial charge on any atom is -0.369 e. The summed E-state index contributed by atoms with van der Waals surface area (Å²) in [4.78, 5) is 32.4. The van der Waals surface area contributed by atoms with Crippen LogP contribution in [0, 0.1) is 5.92 Å². The van der Waals surface area contributed by atoms with Gasteiger partial charge in [-0.05, 0) is 36.6 Å². The van der Waals surface area contributed by atoms with E-state index in [9.17, 15) is 9.59 Å². The van der Waals surface area contributed by atoms with E-state index in [1.54, 1.807) is 12.3 Å². The van der Waals surface area contributed by atoms with Crippen LogP contribution in [0.3, 0.4) is 0 Å². The molecule has 0 radical (unpaired) electrons. The molecular formula is C27H30ClN5O2. The first-order valence-electron chi connectivity index (χ1n) is 12.2. The molecule has 3 heterocycles. The van der Waals surface area contributed by atoms with Crippen LogP contribution in [-0.2, 0) is 11.3 Å². The molecular weight excluding hydrogens is 462 g/mol. The van der Waals surface area contributed by atoms with Gasteiger partial charge in [-0.25, -0.2) is 4.68 Å². The predicted octanol–water partition coefficient (Wildman–Crippen LogP) is 3.51. The summed E-state index contributed by atoms with van der Waals surface area (Å²) in [5.74, 6) is 0.152. The summed E-state index contributed by atoms with van der Waals surface area (Å²) in [6.07, 6.45) is 3.55. The summed E-state index contributed by atoms with van der Waals surface area (Å²) < 4.78 is 1.48. The van der Waals surface area contributed by atoms with Crippen LogP contribution in [0.25, 0.3) is 0 Å². The van der Waals surface area contributed by atoms with E-state index < -0.39 is 0 Å². The zero-order valence-electron chi connectivity index (χ0n) is 19.7. The lowest BCUT2D eigenvalue weighted by atomic mass is 9.96. The maximum absolute atomic E-state index is 13.3. The number of anilines is 2. The molecule has 0 N–H and O–H groups in total. The van der Waals surface area contributed by atoms with Gasteiger partial charge >= 0.3 is 0 Å². The lowest BCUT2D eigenvalue weighted by Gasteiger charge is -2.40. The third-order valence-corrected chi connectivity index (χ3v) is 7.17. The van der Waals surface area contributed by atoms with Gasteiger partial charge in [0, 0.05) is 56.0 Å². The summed E-state index contributed by atoms with van der Waals surface area (Å²) in [6.45, 7) is 4.91.